The predicted molar refractivity (Wildman–Crippen MR) is 78.5 cm³/mol. The van der Waals surface area contributed by atoms with Crippen LogP contribution in [0.25, 0.3) is 0 Å². The molecule has 1 atom stereocenters. The SMILES string of the molecule is CCC(CSC)NC(=O)c1ccc(N)c(Br)c1. The van der Waals surface area contributed by atoms with Crippen molar-refractivity contribution in [1.82, 2.24) is 5.32 Å². The number of nitrogens with two attached hydrogens (primary N) is 1. The molecule has 0 heterocycles. The molecule has 3 nitrogen and oxygen atoms in total. The lowest BCUT2D eigenvalue weighted by Gasteiger charge is -2.15. The maximum atomic E-state index is 12.0. The molecule has 5 heteroatoms. The maximum absolute atomic E-state index is 12.0. The van der Waals surface area contributed by atoms with Crippen LogP contribution in [0, 0.1) is 0 Å². The van der Waals surface area contributed by atoms with Gasteiger partial charge >= 0.3 is 0 Å². The Morgan fingerprint density at radius 2 is 2.29 bits per heavy atom. The molecule has 17 heavy (non-hydrogen) atoms. The van der Waals surface area contributed by atoms with E-state index in [1.165, 1.54) is 0 Å². The van der Waals surface area contributed by atoms with E-state index in [2.05, 4.69) is 28.2 Å². The summed E-state index contributed by atoms with van der Waals surface area (Å²) in [6.45, 7) is 2.07. The Bertz CT molecular complexity index is 398. The van der Waals surface area contributed by atoms with Crippen molar-refractivity contribution < 1.29 is 4.79 Å². The fourth-order valence-corrected chi connectivity index (χ4v) is 2.50. The first-order valence-electron chi connectivity index (χ1n) is 5.43. The summed E-state index contributed by atoms with van der Waals surface area (Å²) in [6.07, 6.45) is 2.97. The second-order valence-corrected chi connectivity index (χ2v) is 5.54. The predicted octanol–water partition coefficient (Wildman–Crippen LogP) is 2.90. The summed E-state index contributed by atoms with van der Waals surface area (Å²) in [5, 5.41) is 3.01. The number of hydrogen-bond donors (Lipinski definition) is 2. The average Bonchev–Trinajstić information content (AvgIpc) is 2.31. The molecule has 0 radical (unpaired) electrons. The molecule has 1 unspecified atom stereocenters. The average molecular weight is 317 g/mol. The Morgan fingerprint density at radius 1 is 1.59 bits per heavy atom. The number of benzene rings is 1. The number of carbonyl (C=O) groups excluding carboxylic acids is 1. The number of halogens is 1. The van der Waals surface area contributed by atoms with Crippen molar-refractivity contribution in [1.29, 1.82) is 0 Å². The summed E-state index contributed by atoms with van der Waals surface area (Å²) in [4.78, 5) is 12.0. The van der Waals surface area contributed by atoms with Crippen molar-refractivity contribution in [2.75, 3.05) is 17.7 Å². The van der Waals surface area contributed by atoms with Crippen LogP contribution in [-0.2, 0) is 0 Å². The van der Waals surface area contributed by atoms with Gasteiger partial charge in [-0.1, -0.05) is 6.92 Å². The van der Waals surface area contributed by atoms with Gasteiger partial charge < -0.3 is 11.1 Å². The number of nitrogens with one attached hydrogen (secondary N) is 1. The molecule has 1 aromatic rings. The van der Waals surface area contributed by atoms with Crippen LogP contribution in [0.4, 0.5) is 5.69 Å². The van der Waals surface area contributed by atoms with E-state index in [4.69, 9.17) is 5.73 Å². The number of hydrogen-bond acceptors (Lipinski definition) is 3. The highest BCUT2D eigenvalue weighted by Crippen LogP contribution is 2.20. The van der Waals surface area contributed by atoms with E-state index in [0.29, 0.717) is 11.3 Å². The lowest BCUT2D eigenvalue weighted by molar-refractivity contribution is 0.0940. The van der Waals surface area contributed by atoms with E-state index in [-0.39, 0.29) is 11.9 Å². The van der Waals surface area contributed by atoms with Crippen LogP contribution in [-0.4, -0.2) is 24.0 Å². The van der Waals surface area contributed by atoms with Gasteiger partial charge in [-0.2, -0.15) is 11.8 Å². The topological polar surface area (TPSA) is 55.1 Å². The van der Waals surface area contributed by atoms with Gasteiger partial charge in [-0.15, -0.1) is 0 Å². The highest BCUT2D eigenvalue weighted by molar-refractivity contribution is 9.10. The molecule has 0 aliphatic heterocycles. The first-order valence-corrected chi connectivity index (χ1v) is 7.62. The van der Waals surface area contributed by atoms with Gasteiger partial charge in [-0.3, -0.25) is 4.79 Å². The van der Waals surface area contributed by atoms with Gasteiger partial charge in [0.05, 0.1) is 0 Å². The Kier molecular flexibility index (Phi) is 5.85. The van der Waals surface area contributed by atoms with Crippen LogP contribution in [0.15, 0.2) is 22.7 Å². The molecule has 1 aromatic carbocycles. The summed E-state index contributed by atoms with van der Waals surface area (Å²) < 4.78 is 0.753. The van der Waals surface area contributed by atoms with Crippen LogP contribution in [0.3, 0.4) is 0 Å². The summed E-state index contributed by atoms with van der Waals surface area (Å²) in [7, 11) is 0. The standard InChI is InChI=1S/C12H17BrN2OS/c1-3-9(7-17-2)15-12(16)8-4-5-11(14)10(13)6-8/h4-6,9H,3,7,14H2,1-2H3,(H,15,16). The van der Waals surface area contributed by atoms with E-state index in [0.717, 1.165) is 16.6 Å². The molecule has 0 aliphatic carbocycles. The summed E-state index contributed by atoms with van der Waals surface area (Å²) >= 11 is 5.05. The third-order valence-electron chi connectivity index (χ3n) is 2.46. The molecule has 3 N–H and O–H groups in total. The van der Waals surface area contributed by atoms with Crippen molar-refractivity contribution in [3.05, 3.63) is 28.2 Å². The monoisotopic (exact) mass is 316 g/mol. The van der Waals surface area contributed by atoms with Gasteiger partial charge in [-0.25, -0.2) is 0 Å². The number of anilines is 1. The summed E-state index contributed by atoms with van der Waals surface area (Å²) in [6, 6.07) is 5.43. The van der Waals surface area contributed by atoms with Gasteiger partial charge in [-0.05, 0) is 46.8 Å². The van der Waals surface area contributed by atoms with Gasteiger partial charge in [0.25, 0.3) is 5.91 Å². The Labute approximate surface area is 115 Å². The summed E-state index contributed by atoms with van der Waals surface area (Å²) in [5.41, 5.74) is 6.95. The fraction of sp³-hybridized carbons (Fsp3) is 0.417. The molecule has 0 saturated heterocycles. The largest absolute Gasteiger partial charge is 0.398 e. The number of carbonyl (C=O) groups is 1. The highest BCUT2D eigenvalue weighted by atomic mass is 79.9. The molecule has 94 valence electrons. The fourth-order valence-electron chi connectivity index (χ4n) is 1.40. The molecule has 0 saturated carbocycles. The Hall–Kier alpha value is -0.680. The third kappa shape index (κ3) is 4.24. The molecule has 0 aromatic heterocycles. The van der Waals surface area contributed by atoms with Gasteiger partial charge in [0, 0.05) is 27.5 Å². The van der Waals surface area contributed by atoms with Crippen molar-refractivity contribution in [3.63, 3.8) is 0 Å². The van der Waals surface area contributed by atoms with Gasteiger partial charge in [0.15, 0.2) is 0 Å². The van der Waals surface area contributed by atoms with E-state index < -0.39 is 0 Å². The van der Waals surface area contributed by atoms with Crippen molar-refractivity contribution >= 4 is 39.3 Å². The lowest BCUT2D eigenvalue weighted by Crippen LogP contribution is -2.36. The van der Waals surface area contributed by atoms with Crippen LogP contribution < -0.4 is 11.1 Å². The molecule has 0 bridgehead atoms. The minimum atomic E-state index is -0.0494. The maximum Gasteiger partial charge on any atom is 0.251 e. The number of nitrogen functional groups attached to an aromatic ring is 1. The van der Waals surface area contributed by atoms with Crippen molar-refractivity contribution in [3.8, 4) is 0 Å². The quantitative estimate of drug-likeness (QED) is 0.821. The third-order valence-corrected chi connectivity index (χ3v) is 3.88. The molecular formula is C12H17BrN2OS. The van der Waals surface area contributed by atoms with Crippen LogP contribution in [0.5, 0.6) is 0 Å². The molecule has 0 spiro atoms. The zero-order chi connectivity index (χ0) is 12.8. The normalized spacial score (nSPS) is 12.2. The summed E-state index contributed by atoms with van der Waals surface area (Å²) in [5.74, 6) is 0.880. The van der Waals surface area contributed by atoms with E-state index >= 15 is 0 Å². The van der Waals surface area contributed by atoms with Crippen LogP contribution in [0.1, 0.15) is 23.7 Å². The number of rotatable bonds is 5. The minimum Gasteiger partial charge on any atom is -0.398 e. The van der Waals surface area contributed by atoms with Crippen LogP contribution >= 0.6 is 27.7 Å². The van der Waals surface area contributed by atoms with Crippen molar-refractivity contribution in [2.24, 2.45) is 0 Å². The number of thioether (sulfide) groups is 1. The Morgan fingerprint density at radius 3 is 2.82 bits per heavy atom. The highest BCUT2D eigenvalue weighted by Gasteiger charge is 2.12. The van der Waals surface area contributed by atoms with Crippen LogP contribution in [0.2, 0.25) is 0 Å². The first-order chi connectivity index (χ1) is 8.08. The van der Waals surface area contributed by atoms with Crippen molar-refractivity contribution in [2.45, 2.75) is 19.4 Å². The lowest BCUT2D eigenvalue weighted by atomic mass is 10.1. The molecule has 1 amide bonds. The molecule has 0 aliphatic rings. The van der Waals surface area contributed by atoms with E-state index in [1.54, 1.807) is 30.0 Å². The Balaban J connectivity index is 2.72. The first kappa shape index (κ1) is 14.4. The number of amides is 1. The zero-order valence-corrected chi connectivity index (χ0v) is 12.4. The second-order valence-electron chi connectivity index (χ2n) is 3.77. The van der Waals surface area contributed by atoms with E-state index in [9.17, 15) is 4.79 Å². The van der Waals surface area contributed by atoms with E-state index in [1.807, 2.05) is 6.26 Å². The molecule has 1 rings (SSSR count). The van der Waals surface area contributed by atoms with Gasteiger partial charge in [0.1, 0.15) is 0 Å². The second kappa shape index (κ2) is 6.91. The molecular weight excluding hydrogens is 300 g/mol. The smallest absolute Gasteiger partial charge is 0.251 e. The zero-order valence-electron chi connectivity index (χ0n) is 10.00. The minimum absolute atomic E-state index is 0.0494. The molecule has 0 fully saturated rings. The van der Waals surface area contributed by atoms with Gasteiger partial charge in [0.2, 0.25) is 0 Å².